The van der Waals surface area contributed by atoms with Gasteiger partial charge in [-0.3, -0.25) is 4.79 Å². The molecule has 0 fully saturated rings. The van der Waals surface area contributed by atoms with Crippen LogP contribution < -0.4 is 10.0 Å². The number of rotatable bonds is 6. The molecule has 0 atom stereocenters. The van der Waals surface area contributed by atoms with Crippen molar-refractivity contribution in [1.82, 2.24) is 10.0 Å². The molecule has 0 bridgehead atoms. The van der Waals surface area contributed by atoms with Gasteiger partial charge < -0.3 is 5.32 Å². The normalized spacial score (nSPS) is 14.3. The van der Waals surface area contributed by atoms with Crippen molar-refractivity contribution in [2.75, 3.05) is 13.1 Å². The van der Waals surface area contributed by atoms with Crippen LogP contribution in [0.3, 0.4) is 0 Å². The molecule has 5 nitrogen and oxygen atoms in total. The van der Waals surface area contributed by atoms with E-state index in [0.29, 0.717) is 6.54 Å². The smallest absolute Gasteiger partial charge is 0.241 e. The van der Waals surface area contributed by atoms with Crippen molar-refractivity contribution in [2.24, 2.45) is 0 Å². The third-order valence-corrected chi connectivity index (χ3v) is 4.90. The number of amides is 1. The average molecular weight is 308 g/mol. The summed E-state index contributed by atoms with van der Waals surface area (Å²) in [6.07, 6.45) is 5.70. The van der Waals surface area contributed by atoms with Crippen LogP contribution >= 0.6 is 0 Å². The van der Waals surface area contributed by atoms with Gasteiger partial charge in [0.2, 0.25) is 15.9 Å². The Morgan fingerprint density at radius 3 is 2.67 bits per heavy atom. The Kier molecular flexibility index (Phi) is 5.14. The zero-order valence-electron chi connectivity index (χ0n) is 11.9. The molecular formula is C15H20N2O3S. The quantitative estimate of drug-likeness (QED) is 0.774. The maximum absolute atomic E-state index is 12.2. The van der Waals surface area contributed by atoms with Gasteiger partial charge in [-0.1, -0.05) is 12.1 Å². The summed E-state index contributed by atoms with van der Waals surface area (Å²) in [5.41, 5.74) is 2.32. The monoisotopic (exact) mass is 308 g/mol. The molecule has 2 N–H and O–H groups in total. The molecule has 0 saturated heterocycles. The van der Waals surface area contributed by atoms with Crippen molar-refractivity contribution in [3.63, 3.8) is 0 Å². The first-order valence-corrected chi connectivity index (χ1v) is 8.50. The van der Waals surface area contributed by atoms with E-state index in [1.54, 1.807) is 12.1 Å². The van der Waals surface area contributed by atoms with Crippen LogP contribution in [0.2, 0.25) is 0 Å². The lowest BCUT2D eigenvalue weighted by Gasteiger charge is -2.16. The van der Waals surface area contributed by atoms with E-state index in [1.165, 1.54) is 11.6 Å². The van der Waals surface area contributed by atoms with Crippen molar-refractivity contribution in [2.45, 2.75) is 30.6 Å². The molecule has 6 heteroatoms. The molecule has 114 valence electrons. The van der Waals surface area contributed by atoms with Gasteiger partial charge in [0.1, 0.15) is 0 Å². The van der Waals surface area contributed by atoms with Gasteiger partial charge in [-0.15, -0.1) is 6.58 Å². The highest BCUT2D eigenvalue weighted by Gasteiger charge is 2.18. The van der Waals surface area contributed by atoms with E-state index in [-0.39, 0.29) is 17.3 Å². The number of carbonyl (C=O) groups excluding carboxylic acids is 1. The maximum Gasteiger partial charge on any atom is 0.241 e. The first-order chi connectivity index (χ1) is 10.0. The average Bonchev–Trinajstić information content (AvgIpc) is 2.50. The van der Waals surface area contributed by atoms with Gasteiger partial charge in [0.15, 0.2) is 0 Å². The van der Waals surface area contributed by atoms with Gasteiger partial charge >= 0.3 is 0 Å². The zero-order valence-corrected chi connectivity index (χ0v) is 12.7. The SMILES string of the molecule is C=CCNC(=O)CNS(=O)(=O)c1ccc2c(c1)CCCC2. The number of carbonyl (C=O) groups is 1. The predicted molar refractivity (Wildman–Crippen MR) is 81.5 cm³/mol. The van der Waals surface area contributed by atoms with E-state index in [1.807, 2.05) is 6.07 Å². The summed E-state index contributed by atoms with van der Waals surface area (Å²) in [7, 11) is -3.65. The molecule has 1 aliphatic carbocycles. The van der Waals surface area contributed by atoms with E-state index in [9.17, 15) is 13.2 Å². The van der Waals surface area contributed by atoms with E-state index in [2.05, 4.69) is 16.6 Å². The second-order valence-electron chi connectivity index (χ2n) is 5.05. The van der Waals surface area contributed by atoms with Gasteiger partial charge in [0, 0.05) is 6.54 Å². The van der Waals surface area contributed by atoms with Crippen LogP contribution in [0.4, 0.5) is 0 Å². The standard InChI is InChI=1S/C15H20N2O3S/c1-2-9-16-15(18)11-17-21(19,20)14-8-7-12-5-3-4-6-13(12)10-14/h2,7-8,10,17H,1,3-6,9,11H2,(H,16,18). The molecule has 0 saturated carbocycles. The number of fused-ring (bicyclic) bond motifs is 1. The highest BCUT2D eigenvalue weighted by atomic mass is 32.2. The Morgan fingerprint density at radius 2 is 1.95 bits per heavy atom. The Bertz CT molecular complexity index is 638. The Hall–Kier alpha value is -1.66. The van der Waals surface area contributed by atoms with E-state index in [0.717, 1.165) is 31.2 Å². The molecular weight excluding hydrogens is 288 g/mol. The fourth-order valence-corrected chi connectivity index (χ4v) is 3.40. The van der Waals surface area contributed by atoms with Crippen LogP contribution in [0.15, 0.2) is 35.7 Å². The van der Waals surface area contributed by atoms with Crippen molar-refractivity contribution in [1.29, 1.82) is 0 Å². The molecule has 0 radical (unpaired) electrons. The van der Waals surface area contributed by atoms with Crippen molar-refractivity contribution < 1.29 is 13.2 Å². The molecule has 1 aromatic rings. The third kappa shape index (κ3) is 4.15. The molecule has 0 heterocycles. The lowest BCUT2D eigenvalue weighted by atomic mass is 9.92. The number of sulfonamides is 1. The number of aryl methyl sites for hydroxylation is 2. The number of hydrogen-bond donors (Lipinski definition) is 2. The summed E-state index contributed by atoms with van der Waals surface area (Å²) in [6.45, 7) is 3.52. The molecule has 1 amide bonds. The highest BCUT2D eigenvalue weighted by molar-refractivity contribution is 7.89. The molecule has 0 unspecified atom stereocenters. The molecule has 21 heavy (non-hydrogen) atoms. The Balaban J connectivity index is 2.05. The second kappa shape index (κ2) is 6.87. The fraction of sp³-hybridized carbons (Fsp3) is 0.400. The molecule has 1 aliphatic rings. The van der Waals surface area contributed by atoms with Crippen LogP contribution in [0, 0.1) is 0 Å². The minimum absolute atomic E-state index is 0.222. The summed E-state index contributed by atoms with van der Waals surface area (Å²) >= 11 is 0. The van der Waals surface area contributed by atoms with Gasteiger partial charge in [-0.2, -0.15) is 0 Å². The van der Waals surface area contributed by atoms with Crippen molar-refractivity contribution in [3.05, 3.63) is 42.0 Å². The lowest BCUT2D eigenvalue weighted by molar-refractivity contribution is -0.119. The van der Waals surface area contributed by atoms with Gasteiger partial charge in [-0.25, -0.2) is 13.1 Å². The topological polar surface area (TPSA) is 75.3 Å². The van der Waals surface area contributed by atoms with Gasteiger partial charge in [-0.05, 0) is 48.9 Å². The molecule has 0 aliphatic heterocycles. The van der Waals surface area contributed by atoms with Crippen LogP contribution in [0.5, 0.6) is 0 Å². The second-order valence-corrected chi connectivity index (χ2v) is 6.82. The van der Waals surface area contributed by atoms with Crippen molar-refractivity contribution >= 4 is 15.9 Å². The number of hydrogen-bond acceptors (Lipinski definition) is 3. The Labute approximate surface area is 125 Å². The molecule has 1 aromatic carbocycles. The van der Waals surface area contributed by atoms with E-state index >= 15 is 0 Å². The van der Waals surface area contributed by atoms with Crippen LogP contribution in [-0.4, -0.2) is 27.4 Å². The first-order valence-electron chi connectivity index (χ1n) is 7.02. The molecule has 0 spiro atoms. The lowest BCUT2D eigenvalue weighted by Crippen LogP contribution is -2.36. The van der Waals surface area contributed by atoms with E-state index < -0.39 is 10.0 Å². The third-order valence-electron chi connectivity index (χ3n) is 3.50. The Morgan fingerprint density at radius 1 is 1.24 bits per heavy atom. The number of nitrogens with one attached hydrogen (secondary N) is 2. The zero-order chi connectivity index (χ0) is 15.3. The fourth-order valence-electron chi connectivity index (χ4n) is 2.37. The van der Waals surface area contributed by atoms with Crippen LogP contribution in [0.25, 0.3) is 0 Å². The predicted octanol–water partition coefficient (Wildman–Crippen LogP) is 1.15. The summed E-state index contributed by atoms with van der Waals surface area (Å²) in [6, 6.07) is 5.20. The van der Waals surface area contributed by atoms with E-state index in [4.69, 9.17) is 0 Å². The maximum atomic E-state index is 12.2. The molecule has 0 aromatic heterocycles. The highest BCUT2D eigenvalue weighted by Crippen LogP contribution is 2.23. The minimum Gasteiger partial charge on any atom is -0.352 e. The van der Waals surface area contributed by atoms with Crippen molar-refractivity contribution in [3.8, 4) is 0 Å². The number of benzene rings is 1. The first kappa shape index (κ1) is 15.7. The summed E-state index contributed by atoms with van der Waals surface area (Å²) in [5.74, 6) is -0.378. The van der Waals surface area contributed by atoms with Crippen LogP contribution in [-0.2, 0) is 27.7 Å². The summed E-state index contributed by atoms with van der Waals surface area (Å²) in [4.78, 5) is 11.6. The minimum atomic E-state index is -3.65. The summed E-state index contributed by atoms with van der Waals surface area (Å²) < 4.78 is 26.7. The molecule has 2 rings (SSSR count). The van der Waals surface area contributed by atoms with Gasteiger partial charge in [0.05, 0.1) is 11.4 Å². The van der Waals surface area contributed by atoms with Crippen LogP contribution in [0.1, 0.15) is 24.0 Å². The largest absolute Gasteiger partial charge is 0.352 e. The summed E-state index contributed by atoms with van der Waals surface area (Å²) in [5, 5.41) is 2.52. The van der Waals surface area contributed by atoms with Gasteiger partial charge in [0.25, 0.3) is 0 Å².